The van der Waals surface area contributed by atoms with E-state index in [1.807, 2.05) is 0 Å². The highest BCUT2D eigenvalue weighted by Crippen LogP contribution is 2.63. The van der Waals surface area contributed by atoms with Crippen LogP contribution in [0.4, 0.5) is 79.4 Å². The lowest BCUT2D eigenvalue weighted by Gasteiger charge is -2.42. The Balaban J connectivity index is 6.26. The fourth-order valence-electron chi connectivity index (χ4n) is 2.10. The topological polar surface area (TPSA) is 47.6 Å². The number of carbonyl (C=O) groups excluding carboxylic acids is 1. The molecule has 0 aliphatic heterocycles. The van der Waals surface area contributed by atoms with Crippen LogP contribution < -0.4 is 5.32 Å². The minimum absolute atomic E-state index is 0.932. The second-order valence-electron chi connectivity index (χ2n) is 7.27. The van der Waals surface area contributed by atoms with Crippen molar-refractivity contribution in [1.82, 2.24) is 5.32 Å². The van der Waals surface area contributed by atoms with Crippen LogP contribution >= 0.6 is 0 Å². The van der Waals surface area contributed by atoms with Crippen molar-refractivity contribution < 1.29 is 88.9 Å². The van der Waals surface area contributed by atoms with Gasteiger partial charge in [-0.05, 0) is 0 Å². The molecular weight excluding hydrogens is 581 g/mol. The number of rotatable bonds is 11. The Labute approximate surface area is 190 Å². The van der Waals surface area contributed by atoms with Crippen LogP contribution in [0, 0.1) is 0 Å². The molecule has 1 amide bonds. The second kappa shape index (κ2) is 9.85. The predicted molar refractivity (Wildman–Crippen MR) is 84.8 cm³/mol. The predicted octanol–water partition coefficient (Wildman–Crippen LogP) is 5.72. The molecule has 0 aromatic carbocycles. The third-order valence-electron chi connectivity index (χ3n) is 4.29. The zero-order chi connectivity index (χ0) is 29.6. The van der Waals surface area contributed by atoms with E-state index in [1.54, 1.807) is 5.32 Å². The fourth-order valence-corrected chi connectivity index (χ4v) is 3.11. The first-order valence-corrected chi connectivity index (χ1v) is 11.7. The number of alkyl halides is 17. The minimum Gasteiger partial charge on any atom is -0.443 e. The molecule has 0 aliphatic carbocycles. The number of halogens is 17. The number of hydrogen-bond donors (Lipinski definition) is 1. The van der Waals surface area contributed by atoms with E-state index in [2.05, 4.69) is 9.47 Å². The van der Waals surface area contributed by atoms with E-state index in [4.69, 9.17) is 0 Å². The standard InChI is InChI=1S/C14H14F17NO3Si/c1-34-6(36(2)3)32-5(33)35-4-7(15,16)8(17,18)9(19,20)10(21,22)11(23,24)12(25,26)13(27,28)14(29,30)31/h6,36H,4H2,1-3H3,(H,32,33). The van der Waals surface area contributed by atoms with E-state index < -0.39 is 75.0 Å². The van der Waals surface area contributed by atoms with Gasteiger partial charge in [0, 0.05) is 7.11 Å². The van der Waals surface area contributed by atoms with Crippen LogP contribution in [-0.4, -0.2) is 82.1 Å². The molecule has 1 atom stereocenters. The number of carbonyl (C=O) groups is 1. The van der Waals surface area contributed by atoms with E-state index >= 15 is 0 Å². The molecule has 36 heavy (non-hydrogen) atoms. The molecule has 0 fully saturated rings. The quantitative estimate of drug-likeness (QED) is 0.189. The molecule has 0 aromatic heterocycles. The summed E-state index contributed by atoms with van der Waals surface area (Å²) in [6.45, 7) is -0.426. The average Bonchev–Trinajstić information content (AvgIpc) is 2.68. The van der Waals surface area contributed by atoms with Gasteiger partial charge in [0.1, 0.15) is 5.85 Å². The van der Waals surface area contributed by atoms with E-state index in [0.29, 0.717) is 0 Å². The Kier molecular flexibility index (Phi) is 9.38. The molecule has 0 radical (unpaired) electrons. The van der Waals surface area contributed by atoms with Crippen molar-refractivity contribution in [2.45, 2.75) is 66.6 Å². The molecular formula is C14H14F17NO3Si. The van der Waals surface area contributed by atoms with Crippen LogP contribution in [0.5, 0.6) is 0 Å². The van der Waals surface area contributed by atoms with Crippen molar-refractivity contribution in [3.8, 4) is 0 Å². The first-order valence-electron chi connectivity index (χ1n) is 8.68. The van der Waals surface area contributed by atoms with Gasteiger partial charge in [-0.1, -0.05) is 13.1 Å². The molecule has 22 heteroatoms. The van der Waals surface area contributed by atoms with Crippen LogP contribution in [0.2, 0.25) is 13.1 Å². The number of amides is 1. The van der Waals surface area contributed by atoms with Gasteiger partial charge in [0.2, 0.25) is 0 Å². The molecule has 0 saturated carbocycles. The van der Waals surface area contributed by atoms with Crippen LogP contribution in [0.15, 0.2) is 0 Å². The van der Waals surface area contributed by atoms with Crippen molar-refractivity contribution in [1.29, 1.82) is 0 Å². The average molecular weight is 595 g/mol. The highest BCUT2D eigenvalue weighted by molar-refractivity contribution is 6.57. The van der Waals surface area contributed by atoms with Gasteiger partial charge in [0.05, 0.1) is 8.80 Å². The first kappa shape index (κ1) is 34.3. The maximum Gasteiger partial charge on any atom is 0.460 e. The maximum atomic E-state index is 13.6. The largest absolute Gasteiger partial charge is 0.460 e. The third-order valence-corrected chi connectivity index (χ3v) is 5.94. The van der Waals surface area contributed by atoms with Crippen molar-refractivity contribution in [2.75, 3.05) is 13.7 Å². The Morgan fingerprint density at radius 3 is 1.31 bits per heavy atom. The van der Waals surface area contributed by atoms with Gasteiger partial charge in [0.25, 0.3) is 0 Å². The zero-order valence-corrected chi connectivity index (χ0v) is 18.7. The Morgan fingerprint density at radius 1 is 0.667 bits per heavy atom. The molecule has 1 N–H and O–H groups in total. The van der Waals surface area contributed by atoms with Crippen molar-refractivity contribution in [2.24, 2.45) is 0 Å². The first-order chi connectivity index (χ1) is 15.5. The molecule has 0 aliphatic rings. The summed E-state index contributed by atoms with van der Waals surface area (Å²) in [5, 5.41) is 1.59. The van der Waals surface area contributed by atoms with Crippen LogP contribution in [0.1, 0.15) is 0 Å². The van der Waals surface area contributed by atoms with Crippen LogP contribution in [0.25, 0.3) is 0 Å². The summed E-state index contributed by atoms with van der Waals surface area (Å²) in [5.74, 6) is -58.6. The molecule has 4 nitrogen and oxygen atoms in total. The van der Waals surface area contributed by atoms with Crippen molar-refractivity contribution >= 4 is 14.9 Å². The summed E-state index contributed by atoms with van der Waals surface area (Å²) < 4.78 is 231. The molecule has 0 heterocycles. The van der Waals surface area contributed by atoms with E-state index in [1.165, 1.54) is 13.1 Å². The molecule has 0 bridgehead atoms. The van der Waals surface area contributed by atoms with Gasteiger partial charge >= 0.3 is 53.7 Å². The SMILES string of the molecule is COC(NC(=O)OCC(F)(F)C(F)(F)C(F)(F)C(F)(F)C(F)(F)C(F)(F)C(F)(F)C(F)(F)F)[SiH](C)C. The van der Waals surface area contributed by atoms with Gasteiger partial charge in [-0.2, -0.15) is 74.6 Å². The van der Waals surface area contributed by atoms with Crippen LogP contribution in [-0.2, 0) is 9.47 Å². The molecule has 1 unspecified atom stereocenters. The van der Waals surface area contributed by atoms with Gasteiger partial charge in [-0.15, -0.1) is 0 Å². The summed E-state index contributed by atoms with van der Waals surface area (Å²) in [6, 6.07) is 0. The number of alkyl carbamates (subject to hydrolysis) is 1. The Bertz CT molecular complexity index is 783. The van der Waals surface area contributed by atoms with E-state index in [0.717, 1.165) is 7.11 Å². The summed E-state index contributed by atoms with van der Waals surface area (Å²) in [4.78, 5) is 11.3. The molecule has 0 saturated heterocycles. The van der Waals surface area contributed by atoms with Gasteiger partial charge in [-0.3, -0.25) is 5.32 Å². The minimum atomic E-state index is -8.71. The summed E-state index contributed by atoms with van der Waals surface area (Å²) in [7, 11) is -1.11. The molecule has 216 valence electrons. The monoisotopic (exact) mass is 595 g/mol. The third kappa shape index (κ3) is 5.28. The molecule has 0 rings (SSSR count). The van der Waals surface area contributed by atoms with Crippen LogP contribution in [0.3, 0.4) is 0 Å². The highest BCUT2D eigenvalue weighted by atomic mass is 28.3. The van der Waals surface area contributed by atoms with Gasteiger partial charge in [0.15, 0.2) is 6.61 Å². The van der Waals surface area contributed by atoms with E-state index in [9.17, 15) is 79.4 Å². The normalized spacial score (nSPS) is 16.2. The van der Waals surface area contributed by atoms with Gasteiger partial charge < -0.3 is 9.47 Å². The lowest BCUT2D eigenvalue weighted by molar-refractivity contribution is -0.462. The van der Waals surface area contributed by atoms with Crippen molar-refractivity contribution in [3.05, 3.63) is 0 Å². The van der Waals surface area contributed by atoms with E-state index in [-0.39, 0.29) is 0 Å². The molecule has 0 aromatic rings. The van der Waals surface area contributed by atoms with Gasteiger partial charge in [-0.25, -0.2) is 4.79 Å². The summed E-state index contributed by atoms with van der Waals surface area (Å²) >= 11 is 0. The number of hydrogen-bond acceptors (Lipinski definition) is 3. The second-order valence-corrected chi connectivity index (χ2v) is 10.4. The maximum absolute atomic E-state index is 13.6. The Morgan fingerprint density at radius 2 is 1.00 bits per heavy atom. The Hall–Kier alpha value is -1.74. The summed E-state index contributed by atoms with van der Waals surface area (Å²) in [6.07, 6.45) is -9.95. The van der Waals surface area contributed by atoms with Crippen molar-refractivity contribution in [3.63, 3.8) is 0 Å². The lowest BCUT2D eigenvalue weighted by atomic mass is 9.89. The highest BCUT2D eigenvalue weighted by Gasteiger charge is 2.95. The fraction of sp³-hybridized carbons (Fsp3) is 0.929. The molecule has 0 spiro atoms. The number of methoxy groups -OCH3 is 1. The number of nitrogens with one attached hydrogen (secondary N) is 1. The smallest absolute Gasteiger partial charge is 0.443 e. The lowest BCUT2D eigenvalue weighted by Crippen LogP contribution is -2.74. The zero-order valence-electron chi connectivity index (χ0n) is 17.5. The number of ether oxygens (including phenoxy) is 2. The summed E-state index contributed by atoms with van der Waals surface area (Å²) in [5.41, 5.74) is 0.